The number of hydrazine groups is 1. The van der Waals surface area contributed by atoms with Crippen LogP contribution < -0.4 is 11.3 Å². The van der Waals surface area contributed by atoms with Crippen LogP contribution in [0.25, 0.3) is 0 Å². The average molecular weight is 174 g/mol. The van der Waals surface area contributed by atoms with Crippen LogP contribution in [-0.4, -0.2) is 44.7 Å². The molecule has 0 amide bonds. The fraction of sp³-hybridized carbons (Fsp3) is 0.857. The lowest BCUT2D eigenvalue weighted by Gasteiger charge is -2.17. The highest BCUT2D eigenvalue weighted by molar-refractivity contribution is 5.78. The molecule has 0 aromatic heterocycles. The van der Waals surface area contributed by atoms with E-state index >= 15 is 0 Å². The lowest BCUT2D eigenvalue weighted by molar-refractivity contribution is 0.207. The highest BCUT2D eigenvalue weighted by atomic mass is 16.5. The minimum Gasteiger partial charge on any atom is -0.383 e. The zero-order valence-electron chi connectivity index (χ0n) is 8.00. The van der Waals surface area contributed by atoms with Crippen LogP contribution in [0.2, 0.25) is 0 Å². The van der Waals surface area contributed by atoms with E-state index in [0.29, 0.717) is 19.1 Å². The quantitative estimate of drug-likeness (QED) is 0.196. The van der Waals surface area contributed by atoms with Crippen molar-refractivity contribution in [1.82, 2.24) is 10.3 Å². The summed E-state index contributed by atoms with van der Waals surface area (Å²) < 4.78 is 4.86. The average Bonchev–Trinajstić information content (AvgIpc) is 2.11. The van der Waals surface area contributed by atoms with Gasteiger partial charge in [0.1, 0.15) is 0 Å². The summed E-state index contributed by atoms with van der Waals surface area (Å²) in [6.07, 6.45) is 0. The minimum atomic E-state index is 0.614. The molecule has 0 aliphatic heterocycles. The molecule has 0 bridgehead atoms. The Morgan fingerprint density at radius 2 is 2.33 bits per heavy atom. The van der Waals surface area contributed by atoms with Crippen LogP contribution in [0.3, 0.4) is 0 Å². The van der Waals surface area contributed by atoms with Gasteiger partial charge in [0.2, 0.25) is 5.96 Å². The number of nitrogens with two attached hydrogens (primary N) is 1. The molecule has 5 heteroatoms. The molecular formula is C7H18N4O. The fourth-order valence-electron chi connectivity index (χ4n) is 0.669. The lowest BCUT2D eigenvalue weighted by Crippen LogP contribution is -2.42. The maximum absolute atomic E-state index is 5.27. The Kier molecular flexibility index (Phi) is 6.41. The second-order valence-electron chi connectivity index (χ2n) is 2.36. The Morgan fingerprint density at radius 1 is 1.67 bits per heavy atom. The molecule has 5 nitrogen and oxygen atoms in total. The van der Waals surface area contributed by atoms with Crippen LogP contribution in [0.1, 0.15) is 6.92 Å². The Morgan fingerprint density at radius 3 is 2.75 bits per heavy atom. The number of hydrogen-bond donors (Lipinski definition) is 2. The normalized spacial score (nSPS) is 11.5. The molecule has 0 fully saturated rings. The van der Waals surface area contributed by atoms with Gasteiger partial charge in [0.15, 0.2) is 0 Å². The van der Waals surface area contributed by atoms with Gasteiger partial charge in [-0.3, -0.25) is 5.43 Å². The second kappa shape index (κ2) is 6.87. The first kappa shape index (κ1) is 11.2. The zero-order chi connectivity index (χ0) is 9.40. The maximum Gasteiger partial charge on any atom is 0.208 e. The number of nitrogens with one attached hydrogen (secondary N) is 1. The first-order chi connectivity index (χ1) is 5.76. The molecule has 0 unspecified atom stereocenters. The van der Waals surface area contributed by atoms with E-state index in [1.54, 1.807) is 7.11 Å². The number of guanidine groups is 1. The van der Waals surface area contributed by atoms with Gasteiger partial charge in [0, 0.05) is 20.7 Å². The van der Waals surface area contributed by atoms with Gasteiger partial charge in [-0.05, 0) is 6.92 Å². The van der Waals surface area contributed by atoms with Gasteiger partial charge in [-0.15, -0.1) is 0 Å². The van der Waals surface area contributed by atoms with Crippen molar-refractivity contribution in [1.29, 1.82) is 0 Å². The first-order valence-electron chi connectivity index (χ1n) is 3.97. The number of hydrogen-bond acceptors (Lipinski definition) is 3. The molecule has 0 saturated carbocycles. The Balaban J connectivity index is 3.86. The molecule has 3 N–H and O–H groups in total. The van der Waals surface area contributed by atoms with Crippen molar-refractivity contribution < 1.29 is 4.74 Å². The van der Waals surface area contributed by atoms with Crippen LogP contribution in [0, 0.1) is 0 Å². The van der Waals surface area contributed by atoms with Gasteiger partial charge in [-0.25, -0.2) is 10.8 Å². The molecule has 0 heterocycles. The van der Waals surface area contributed by atoms with E-state index in [1.165, 1.54) is 0 Å². The highest BCUT2D eigenvalue weighted by Gasteiger charge is 1.99. The van der Waals surface area contributed by atoms with E-state index in [1.807, 2.05) is 18.9 Å². The smallest absolute Gasteiger partial charge is 0.208 e. The summed E-state index contributed by atoms with van der Waals surface area (Å²) in [5.74, 6) is 5.96. The molecule has 0 aromatic rings. The van der Waals surface area contributed by atoms with Gasteiger partial charge in [0.25, 0.3) is 0 Å². The van der Waals surface area contributed by atoms with Crippen LogP contribution in [-0.2, 0) is 4.74 Å². The summed E-state index contributed by atoms with van der Waals surface area (Å²) in [4.78, 5) is 6.11. The fourth-order valence-corrected chi connectivity index (χ4v) is 0.669. The molecular weight excluding hydrogens is 156 g/mol. The maximum atomic E-state index is 5.27. The van der Waals surface area contributed by atoms with E-state index in [9.17, 15) is 0 Å². The second-order valence-corrected chi connectivity index (χ2v) is 2.36. The molecule has 0 radical (unpaired) electrons. The minimum absolute atomic E-state index is 0.614. The number of ether oxygens (including phenoxy) is 1. The molecule has 0 spiro atoms. The number of nitrogens with zero attached hydrogens (tertiary/aromatic N) is 2. The third-order valence-corrected chi connectivity index (χ3v) is 1.52. The van der Waals surface area contributed by atoms with Crippen LogP contribution in [0.15, 0.2) is 4.99 Å². The Bertz CT molecular complexity index is 137. The topological polar surface area (TPSA) is 62.9 Å². The van der Waals surface area contributed by atoms with Gasteiger partial charge >= 0.3 is 0 Å². The molecule has 0 aromatic carbocycles. The molecule has 0 saturated heterocycles. The van der Waals surface area contributed by atoms with Crippen molar-refractivity contribution in [2.24, 2.45) is 10.8 Å². The molecule has 0 aliphatic rings. The molecule has 0 atom stereocenters. The van der Waals surface area contributed by atoms with Crippen molar-refractivity contribution >= 4 is 5.96 Å². The van der Waals surface area contributed by atoms with Gasteiger partial charge in [-0.2, -0.15) is 0 Å². The summed E-state index contributed by atoms with van der Waals surface area (Å²) in [6.45, 7) is 4.14. The van der Waals surface area contributed by atoms with Crippen molar-refractivity contribution in [3.8, 4) is 0 Å². The number of rotatable bonds is 4. The van der Waals surface area contributed by atoms with E-state index in [-0.39, 0.29) is 0 Å². The molecule has 0 aliphatic carbocycles. The first-order valence-corrected chi connectivity index (χ1v) is 3.97. The summed E-state index contributed by atoms with van der Waals surface area (Å²) in [6, 6.07) is 0. The summed E-state index contributed by atoms with van der Waals surface area (Å²) in [5, 5.41) is 0. The summed E-state index contributed by atoms with van der Waals surface area (Å²) in [5.41, 5.74) is 2.53. The molecule has 12 heavy (non-hydrogen) atoms. The Hall–Kier alpha value is -0.810. The predicted octanol–water partition coefficient (Wildman–Crippen LogP) is -0.596. The van der Waals surface area contributed by atoms with Crippen LogP contribution in [0.5, 0.6) is 0 Å². The third-order valence-electron chi connectivity index (χ3n) is 1.52. The zero-order valence-corrected chi connectivity index (χ0v) is 8.00. The largest absolute Gasteiger partial charge is 0.383 e. The van der Waals surface area contributed by atoms with Crippen molar-refractivity contribution in [3.05, 3.63) is 0 Å². The van der Waals surface area contributed by atoms with E-state index in [0.717, 1.165) is 6.54 Å². The van der Waals surface area contributed by atoms with Crippen LogP contribution in [0.4, 0.5) is 0 Å². The van der Waals surface area contributed by atoms with Crippen molar-refractivity contribution in [3.63, 3.8) is 0 Å². The predicted molar refractivity (Wildman–Crippen MR) is 49.8 cm³/mol. The van der Waals surface area contributed by atoms with E-state index < -0.39 is 0 Å². The van der Waals surface area contributed by atoms with E-state index in [2.05, 4.69) is 10.4 Å². The third kappa shape index (κ3) is 4.15. The van der Waals surface area contributed by atoms with Gasteiger partial charge in [-0.1, -0.05) is 0 Å². The summed E-state index contributed by atoms with van der Waals surface area (Å²) in [7, 11) is 3.57. The number of aliphatic imine (C=N–C) groups is 1. The standard InChI is InChI=1S/C7H18N4O/c1-4-11(2)7(10-8)9-5-6-12-3/h4-6,8H2,1-3H3,(H,9,10). The van der Waals surface area contributed by atoms with Crippen LogP contribution >= 0.6 is 0 Å². The van der Waals surface area contributed by atoms with Crippen molar-refractivity contribution in [2.75, 3.05) is 33.9 Å². The lowest BCUT2D eigenvalue weighted by atomic mass is 10.6. The molecule has 0 rings (SSSR count). The monoisotopic (exact) mass is 174 g/mol. The SMILES string of the molecule is CCN(C)C(=NCCOC)NN. The van der Waals surface area contributed by atoms with Gasteiger partial charge < -0.3 is 9.64 Å². The number of methoxy groups -OCH3 is 1. The summed E-state index contributed by atoms with van der Waals surface area (Å²) >= 11 is 0. The Labute approximate surface area is 73.6 Å². The highest BCUT2D eigenvalue weighted by Crippen LogP contribution is 1.83. The molecule has 72 valence electrons. The van der Waals surface area contributed by atoms with Crippen molar-refractivity contribution in [2.45, 2.75) is 6.92 Å². The van der Waals surface area contributed by atoms with Gasteiger partial charge in [0.05, 0.1) is 13.2 Å². The van der Waals surface area contributed by atoms with E-state index in [4.69, 9.17) is 10.6 Å².